The summed E-state index contributed by atoms with van der Waals surface area (Å²) < 4.78 is -1.14. The van der Waals surface area contributed by atoms with Gasteiger partial charge < -0.3 is 0 Å². The van der Waals surface area contributed by atoms with Crippen LogP contribution >= 0.6 is 12.4 Å². The van der Waals surface area contributed by atoms with Crippen molar-refractivity contribution in [2.24, 2.45) is 0 Å². The fourth-order valence-corrected chi connectivity index (χ4v) is 92.6. The fourth-order valence-electron chi connectivity index (χ4n) is 17.8. The molecule has 0 aliphatic carbocycles. The summed E-state index contributed by atoms with van der Waals surface area (Å²) in [7, 11) is 0. The van der Waals surface area contributed by atoms with Crippen molar-refractivity contribution in [3.05, 3.63) is 0 Å². The molecule has 18 heavy (non-hydrogen) atoms. The Bertz CT molecular complexity index is 1000. The predicted octanol–water partition coefficient (Wildman–Crippen LogP) is 2.71. The molecule has 10 heterocycles. The molecule has 4 unspecified atom stereocenters. The summed E-state index contributed by atoms with van der Waals surface area (Å²) in [6, 6.07) is 0. The summed E-state index contributed by atoms with van der Waals surface area (Å²) in [4.78, 5) is 29.5. The average Bonchev–Trinajstić information content (AvgIpc) is 3.22. The zero-order valence-corrected chi connectivity index (χ0v) is 11.0. The van der Waals surface area contributed by atoms with E-state index in [1.807, 2.05) is 0 Å². The van der Waals surface area contributed by atoms with Gasteiger partial charge in [0.05, 0.1) is 0 Å². The van der Waals surface area contributed by atoms with Crippen molar-refractivity contribution in [2.45, 2.75) is 47.2 Å². The van der Waals surface area contributed by atoms with Gasteiger partial charge in [-0.05, 0) is 0 Å². The molecule has 0 aromatic rings. The molecular weight excluding hydrogens is 299 g/mol. The Labute approximate surface area is 97.8 Å². The molecule has 1 spiro atoms. The van der Waals surface area contributed by atoms with E-state index in [0.29, 0.717) is 9.63 Å². The van der Waals surface area contributed by atoms with E-state index in [-0.39, 0.29) is 12.4 Å². The molecule has 0 bridgehead atoms. The van der Waals surface area contributed by atoms with E-state index in [1.165, 1.54) is 0 Å². The Morgan fingerprint density at radius 1 is 0.778 bits per heavy atom. The van der Waals surface area contributed by atoms with Crippen LogP contribution in [0.4, 0.5) is 0 Å². The van der Waals surface area contributed by atoms with Crippen LogP contribution in [0.2, 0.25) is 47.2 Å². The Morgan fingerprint density at radius 2 is 1.11 bits per heavy atom. The van der Waals surface area contributed by atoms with Gasteiger partial charge >= 0.3 is 85.4 Å². The first-order valence-electron chi connectivity index (χ1n) is 6.50. The summed E-state index contributed by atoms with van der Waals surface area (Å²) in [6.07, 6.45) is 0. The van der Waals surface area contributed by atoms with Gasteiger partial charge in [0.25, 0.3) is 0 Å². The first-order valence-corrected chi connectivity index (χ1v) is 12.7. The van der Waals surface area contributed by atoms with E-state index in [0.717, 1.165) is 28.9 Å². The predicted molar refractivity (Wildman–Crippen MR) is 57.9 cm³/mol. The molecular formula is C12H11ClFeO4. The van der Waals surface area contributed by atoms with E-state index in [9.17, 15) is 19.8 Å². The Kier molecular flexibility index (Phi) is 0.230. The first-order chi connectivity index (χ1) is 7.82. The maximum absolute atomic E-state index is 12.0. The molecule has 10 rings (SSSR count). The molecule has 0 aromatic heterocycles. The van der Waals surface area contributed by atoms with Crippen LogP contribution in [-0.2, 0) is 16.1 Å². The van der Waals surface area contributed by atoms with Gasteiger partial charge in [-0.2, -0.15) is 0 Å². The zero-order chi connectivity index (χ0) is 11.1. The normalized spacial score (nSPS) is 116. The van der Waals surface area contributed by atoms with Gasteiger partial charge in [0.15, 0.2) is 0 Å². The number of carboxylic acids is 2. The van der Waals surface area contributed by atoms with Crippen molar-refractivity contribution in [3.63, 3.8) is 0 Å². The number of halogens is 1. The quantitative estimate of drug-likeness (QED) is 0.769. The van der Waals surface area contributed by atoms with Crippen LogP contribution in [-0.4, -0.2) is 22.2 Å². The van der Waals surface area contributed by atoms with Crippen molar-refractivity contribution >= 4 is 24.3 Å². The minimum absolute atomic E-state index is 0. The summed E-state index contributed by atoms with van der Waals surface area (Å²) in [5.41, 5.74) is 0. The van der Waals surface area contributed by atoms with Crippen molar-refractivity contribution in [1.29, 1.82) is 0 Å². The van der Waals surface area contributed by atoms with E-state index in [4.69, 9.17) is 0 Å². The van der Waals surface area contributed by atoms with E-state index in [1.54, 1.807) is 0 Å². The molecule has 10 fully saturated rings. The van der Waals surface area contributed by atoms with Crippen molar-refractivity contribution in [3.8, 4) is 0 Å². The van der Waals surface area contributed by atoms with Gasteiger partial charge in [0.1, 0.15) is 0 Å². The van der Waals surface area contributed by atoms with Gasteiger partial charge in [0.2, 0.25) is 0 Å². The van der Waals surface area contributed by atoms with Crippen molar-refractivity contribution in [2.75, 3.05) is 0 Å². The SMILES string of the molecule is Cl.O=C(O)[C]12[CH]3[CH]4[CH]5[C]1(C(=O)O)[Fe]43521678[CH]2[CH]1[CH]6[CH]7[CH]28. The molecule has 0 amide bonds. The minimum atomic E-state index is -4.10. The number of carbonyl (C=O) groups is 2. The summed E-state index contributed by atoms with van der Waals surface area (Å²) in [5.74, 6) is -1.30. The summed E-state index contributed by atoms with van der Waals surface area (Å²) in [6.45, 7) is -4.10. The molecule has 2 N–H and O–H groups in total. The molecule has 10 aliphatic rings. The van der Waals surface area contributed by atoms with E-state index >= 15 is 0 Å². The van der Waals surface area contributed by atoms with Gasteiger partial charge in [-0.25, -0.2) is 0 Å². The van der Waals surface area contributed by atoms with Crippen molar-refractivity contribution < 1.29 is 26.3 Å². The zero-order valence-electron chi connectivity index (χ0n) is 9.09. The molecule has 0 aromatic carbocycles. The average molecular weight is 311 g/mol. The third kappa shape index (κ3) is 0.0601. The number of hydrogen-bond acceptors (Lipinski definition) is 2. The van der Waals surface area contributed by atoms with E-state index in [2.05, 4.69) is 0 Å². The Hall–Kier alpha value is -0.251. The van der Waals surface area contributed by atoms with Gasteiger partial charge in [-0.1, -0.05) is 0 Å². The monoisotopic (exact) mass is 310 g/mol. The molecule has 98 valence electrons. The Morgan fingerprint density at radius 3 is 1.22 bits per heavy atom. The number of fused-ring (bicyclic) bond motifs is 10. The first kappa shape index (κ1) is 7.51. The Balaban J connectivity index is 0.000000676. The summed E-state index contributed by atoms with van der Waals surface area (Å²) in [5, 5.41) is 19.8. The second kappa shape index (κ2) is 0.552. The van der Waals surface area contributed by atoms with Crippen LogP contribution in [0, 0.1) is 0 Å². The third-order valence-corrected chi connectivity index (χ3v) is 58.1. The topological polar surface area (TPSA) is 74.6 Å². The van der Waals surface area contributed by atoms with Crippen molar-refractivity contribution in [1.82, 2.24) is 0 Å². The number of rotatable bonds is 2. The van der Waals surface area contributed by atoms with Crippen LogP contribution in [0.15, 0.2) is 0 Å². The maximum atomic E-state index is 12.0. The van der Waals surface area contributed by atoms with Crippen LogP contribution in [0.1, 0.15) is 0 Å². The molecule has 10 saturated heterocycles. The van der Waals surface area contributed by atoms with E-state index < -0.39 is 27.1 Å². The second-order valence-corrected chi connectivity index (χ2v) is 33.6. The summed E-state index contributed by atoms with van der Waals surface area (Å²) >= 11 is 0. The molecule has 4 nitrogen and oxygen atoms in total. The van der Waals surface area contributed by atoms with Crippen LogP contribution in [0.3, 0.4) is 0 Å². The number of aliphatic carboxylic acids is 2. The third-order valence-electron chi connectivity index (χ3n) is 15.5. The van der Waals surface area contributed by atoms with Gasteiger partial charge in [-0.15, -0.1) is 12.4 Å². The van der Waals surface area contributed by atoms with Crippen LogP contribution in [0.25, 0.3) is 0 Å². The second-order valence-electron chi connectivity index (χ2n) is 10.4. The molecule has 10 aliphatic heterocycles. The molecule has 4 atom stereocenters. The molecule has 0 saturated carbocycles. The van der Waals surface area contributed by atoms with Gasteiger partial charge in [-0.3, -0.25) is 0 Å². The fraction of sp³-hybridized carbons (Fsp3) is 0.833. The van der Waals surface area contributed by atoms with Crippen LogP contribution in [0.5, 0.6) is 0 Å². The molecule has 6 heteroatoms. The standard InChI is InChI=1S/C7H5O4.C5H5.ClH.Fe/c8-6(9)4-2-1-3-5(4)7(10)11;1-2-4-5-3-1;;/h1-3H,(H,8,9)(H,10,11);1-5H;1H;. The number of hydrogen-bond donors (Lipinski definition) is 2. The molecule has 0 radical (unpaired) electrons. The number of carboxylic acid groups (broad SMARTS) is 2. The van der Waals surface area contributed by atoms with Gasteiger partial charge in [0, 0.05) is 0 Å². The van der Waals surface area contributed by atoms with Crippen LogP contribution < -0.4 is 0 Å².